The summed E-state index contributed by atoms with van der Waals surface area (Å²) in [5.74, 6) is -0.984. The minimum absolute atomic E-state index is 0.0460. The highest BCUT2D eigenvalue weighted by Gasteiger charge is 2.65. The minimum atomic E-state index is -3.51. The lowest BCUT2D eigenvalue weighted by molar-refractivity contribution is -0.161. The van der Waals surface area contributed by atoms with E-state index in [1.807, 2.05) is 0 Å². The lowest BCUT2D eigenvalue weighted by Gasteiger charge is -2.27. The lowest BCUT2D eigenvalue weighted by atomic mass is 9.94. The van der Waals surface area contributed by atoms with Crippen LogP contribution < -0.4 is 5.32 Å². The number of rotatable bonds is 4. The molecule has 0 aromatic heterocycles. The average Bonchev–Trinajstić information content (AvgIpc) is 3.24. The molecule has 4 aliphatic rings. The van der Waals surface area contributed by atoms with Gasteiger partial charge in [0.2, 0.25) is 5.91 Å². The smallest absolute Gasteiger partial charge is 0.311 e. The minimum Gasteiger partial charge on any atom is -0.459 e. The van der Waals surface area contributed by atoms with E-state index in [9.17, 15) is 18.0 Å². The molecule has 0 aromatic rings. The molecule has 7 nitrogen and oxygen atoms in total. The molecular formula is C17H23NO6S. The van der Waals surface area contributed by atoms with Crippen molar-refractivity contribution in [2.75, 3.05) is 0 Å². The third kappa shape index (κ3) is 2.70. The largest absolute Gasteiger partial charge is 0.459 e. The molecule has 7 atom stereocenters. The van der Waals surface area contributed by atoms with Gasteiger partial charge in [-0.15, -0.1) is 0 Å². The van der Waals surface area contributed by atoms with Crippen LogP contribution in [0.4, 0.5) is 0 Å². The van der Waals surface area contributed by atoms with Crippen LogP contribution in [-0.4, -0.2) is 43.8 Å². The number of hydrogen-bond acceptors (Lipinski definition) is 6. The van der Waals surface area contributed by atoms with Crippen molar-refractivity contribution in [2.45, 2.75) is 62.5 Å². The molecule has 0 radical (unpaired) electrons. The zero-order valence-electron chi connectivity index (χ0n) is 14.1. The van der Waals surface area contributed by atoms with E-state index in [2.05, 4.69) is 11.9 Å². The Morgan fingerprint density at radius 2 is 2.00 bits per heavy atom. The van der Waals surface area contributed by atoms with Crippen LogP contribution in [0, 0.1) is 17.8 Å². The summed E-state index contributed by atoms with van der Waals surface area (Å²) in [5, 5.41) is 2.42. The van der Waals surface area contributed by atoms with Gasteiger partial charge in [0.15, 0.2) is 0 Å². The highest BCUT2D eigenvalue weighted by atomic mass is 32.2. The molecule has 25 heavy (non-hydrogen) atoms. The van der Waals surface area contributed by atoms with Crippen molar-refractivity contribution < 1.29 is 26.9 Å². The van der Waals surface area contributed by atoms with Gasteiger partial charge in [0.05, 0.1) is 11.2 Å². The Morgan fingerprint density at radius 3 is 2.72 bits per heavy atom. The van der Waals surface area contributed by atoms with Crippen molar-refractivity contribution >= 4 is 22.0 Å². The normalized spacial score (nSPS) is 43.2. The van der Waals surface area contributed by atoms with Crippen molar-refractivity contribution in [3.8, 4) is 0 Å². The zero-order valence-corrected chi connectivity index (χ0v) is 15.0. The van der Waals surface area contributed by atoms with Gasteiger partial charge in [0, 0.05) is 23.5 Å². The van der Waals surface area contributed by atoms with E-state index in [-0.39, 0.29) is 29.8 Å². The number of amides is 1. The molecule has 8 heteroatoms. The quantitative estimate of drug-likeness (QED) is 0.449. The Labute approximate surface area is 147 Å². The Balaban J connectivity index is 1.43. The number of hydrogen-bond donors (Lipinski definition) is 1. The Kier molecular flexibility index (Phi) is 3.95. The number of carbonyl (C=O) groups is 2. The maximum absolute atomic E-state index is 12.7. The summed E-state index contributed by atoms with van der Waals surface area (Å²) in [6.45, 7) is 5.24. The van der Waals surface area contributed by atoms with E-state index < -0.39 is 33.5 Å². The summed E-state index contributed by atoms with van der Waals surface area (Å²) in [4.78, 5) is 24.5. The first-order chi connectivity index (χ1) is 11.8. The van der Waals surface area contributed by atoms with Crippen LogP contribution in [0.15, 0.2) is 12.2 Å². The van der Waals surface area contributed by atoms with Crippen molar-refractivity contribution in [3.63, 3.8) is 0 Å². The summed E-state index contributed by atoms with van der Waals surface area (Å²) in [7, 11) is -3.51. The summed E-state index contributed by atoms with van der Waals surface area (Å²) >= 11 is 0. The number of nitrogens with one attached hydrogen (secondary N) is 1. The van der Waals surface area contributed by atoms with E-state index in [1.54, 1.807) is 6.92 Å². The molecule has 4 rings (SSSR count). The molecule has 0 aromatic carbocycles. The summed E-state index contributed by atoms with van der Waals surface area (Å²) in [6.07, 6.45) is 2.48. The first kappa shape index (κ1) is 17.0. The van der Waals surface area contributed by atoms with Gasteiger partial charge < -0.3 is 10.1 Å². The van der Waals surface area contributed by atoms with Crippen LogP contribution in [0.3, 0.4) is 0 Å². The molecule has 138 valence electrons. The number of ether oxygens (including phenoxy) is 1. The second-order valence-electron chi connectivity index (χ2n) is 7.79. The fraction of sp³-hybridized carbons (Fsp3) is 0.765. The first-order valence-electron chi connectivity index (χ1n) is 8.87. The van der Waals surface area contributed by atoms with Crippen LogP contribution in [0.25, 0.3) is 0 Å². The van der Waals surface area contributed by atoms with Crippen LogP contribution >= 0.6 is 0 Å². The predicted octanol–water partition coefficient (Wildman–Crippen LogP) is 0.896. The number of carbonyl (C=O) groups excluding carboxylic acids is 2. The van der Waals surface area contributed by atoms with Crippen molar-refractivity contribution in [2.24, 2.45) is 17.8 Å². The van der Waals surface area contributed by atoms with Gasteiger partial charge in [-0.25, -0.2) is 0 Å². The van der Waals surface area contributed by atoms with Gasteiger partial charge in [0.25, 0.3) is 10.1 Å². The molecule has 1 aliphatic heterocycles. The van der Waals surface area contributed by atoms with Gasteiger partial charge in [-0.1, -0.05) is 13.0 Å². The monoisotopic (exact) mass is 369 g/mol. The van der Waals surface area contributed by atoms with E-state index in [0.29, 0.717) is 18.4 Å². The fourth-order valence-corrected chi connectivity index (χ4v) is 6.85. The van der Waals surface area contributed by atoms with Gasteiger partial charge >= 0.3 is 5.97 Å². The number of fused-ring (bicyclic) bond motifs is 1. The van der Waals surface area contributed by atoms with Crippen molar-refractivity contribution in [1.29, 1.82) is 0 Å². The van der Waals surface area contributed by atoms with Crippen LogP contribution in [-0.2, 0) is 28.6 Å². The predicted molar refractivity (Wildman–Crippen MR) is 87.8 cm³/mol. The lowest BCUT2D eigenvalue weighted by Crippen LogP contribution is -2.44. The SMILES string of the molecule is C=C(C)C(=O)NC1CCCC1C(=O)OC1C2CC3C1OS(=O)(=O)C3C2. The molecular weight excluding hydrogens is 346 g/mol. The molecule has 2 bridgehead atoms. The van der Waals surface area contributed by atoms with Crippen molar-refractivity contribution in [1.82, 2.24) is 5.32 Å². The van der Waals surface area contributed by atoms with Gasteiger partial charge in [-0.3, -0.25) is 13.8 Å². The zero-order chi connectivity index (χ0) is 17.9. The molecule has 1 N–H and O–H groups in total. The molecule has 3 saturated carbocycles. The molecule has 0 spiro atoms. The summed E-state index contributed by atoms with van der Waals surface area (Å²) in [5.41, 5.74) is 0.405. The Bertz CT molecular complexity index is 731. The summed E-state index contributed by atoms with van der Waals surface area (Å²) in [6, 6.07) is -0.253. The first-order valence-corrected chi connectivity index (χ1v) is 10.3. The molecule has 1 amide bonds. The number of esters is 1. The van der Waals surface area contributed by atoms with Gasteiger partial charge in [0.1, 0.15) is 12.2 Å². The Morgan fingerprint density at radius 1 is 1.24 bits per heavy atom. The maximum atomic E-state index is 12.7. The Hall–Kier alpha value is -1.41. The van der Waals surface area contributed by atoms with Gasteiger partial charge in [-0.2, -0.15) is 8.42 Å². The topological polar surface area (TPSA) is 98.8 Å². The average molecular weight is 369 g/mol. The second kappa shape index (κ2) is 5.81. The van der Waals surface area contributed by atoms with E-state index in [0.717, 1.165) is 19.3 Å². The van der Waals surface area contributed by atoms with Crippen LogP contribution in [0.5, 0.6) is 0 Å². The molecule has 1 heterocycles. The van der Waals surface area contributed by atoms with Crippen LogP contribution in [0.1, 0.15) is 39.0 Å². The highest BCUT2D eigenvalue weighted by Crippen LogP contribution is 2.55. The van der Waals surface area contributed by atoms with Crippen LogP contribution in [0.2, 0.25) is 0 Å². The summed E-state index contributed by atoms with van der Waals surface area (Å²) < 4.78 is 34.9. The van der Waals surface area contributed by atoms with E-state index in [4.69, 9.17) is 8.92 Å². The second-order valence-corrected chi connectivity index (χ2v) is 9.57. The van der Waals surface area contributed by atoms with Crippen molar-refractivity contribution in [3.05, 3.63) is 12.2 Å². The molecule has 3 aliphatic carbocycles. The molecule has 4 fully saturated rings. The third-order valence-electron chi connectivity index (χ3n) is 6.19. The standard InChI is InChI=1S/C17H23NO6S/c1-8(2)16(19)18-12-5-3-4-10(12)17(20)23-14-9-6-11-13(7-9)25(21,22)24-15(11)14/h9-15H,1,3-7H2,2H3,(H,18,19). The molecule has 1 saturated heterocycles. The maximum Gasteiger partial charge on any atom is 0.311 e. The molecule has 7 unspecified atom stereocenters. The third-order valence-corrected chi connectivity index (χ3v) is 7.96. The highest BCUT2D eigenvalue weighted by molar-refractivity contribution is 7.87. The van der Waals surface area contributed by atoms with Gasteiger partial charge in [-0.05, 0) is 32.6 Å². The van der Waals surface area contributed by atoms with E-state index >= 15 is 0 Å². The van der Waals surface area contributed by atoms with E-state index in [1.165, 1.54) is 0 Å². The fourth-order valence-electron chi connectivity index (χ4n) is 4.97.